The van der Waals surface area contributed by atoms with Gasteiger partial charge in [0.1, 0.15) is 6.10 Å². The van der Waals surface area contributed by atoms with Gasteiger partial charge >= 0.3 is 17.9 Å². The van der Waals surface area contributed by atoms with Crippen LogP contribution in [-0.4, -0.2) is 65.9 Å². The van der Waals surface area contributed by atoms with Crippen molar-refractivity contribution in [3.05, 3.63) is 71.8 Å². The van der Waals surface area contributed by atoms with Crippen LogP contribution in [0.1, 0.15) is 20.7 Å². The largest absolute Gasteiger partial charge is 0.479 e. The normalized spacial score (nSPS) is 25.9. The van der Waals surface area contributed by atoms with Crippen LogP contribution in [0.4, 0.5) is 0 Å². The van der Waals surface area contributed by atoms with Crippen molar-refractivity contribution in [2.45, 2.75) is 30.7 Å². The van der Waals surface area contributed by atoms with Gasteiger partial charge in [0.25, 0.3) is 0 Å². The summed E-state index contributed by atoms with van der Waals surface area (Å²) in [5.41, 5.74) is 0.375. The summed E-state index contributed by atoms with van der Waals surface area (Å²) in [6, 6.07) is 15.9. The second-order valence-electron chi connectivity index (χ2n) is 6.46. The number of aliphatic hydroxyl groups excluding tert-OH is 1. The van der Waals surface area contributed by atoms with E-state index in [1.54, 1.807) is 36.4 Å². The second kappa shape index (κ2) is 9.49. The number of ether oxygens (including phenoxy) is 4. The molecule has 2 aromatic rings. The lowest BCUT2D eigenvalue weighted by Gasteiger charge is -2.41. The summed E-state index contributed by atoms with van der Waals surface area (Å²) in [6.07, 6.45) is -7.92. The Kier molecular flexibility index (Phi) is 6.78. The minimum absolute atomic E-state index is 0.171. The maximum atomic E-state index is 12.5. The lowest BCUT2D eigenvalue weighted by molar-refractivity contribution is -0.285. The van der Waals surface area contributed by atoms with E-state index in [2.05, 4.69) is 0 Å². The topological polar surface area (TPSA) is 129 Å². The van der Waals surface area contributed by atoms with E-state index in [1.807, 2.05) is 0 Å². The number of carbonyl (C=O) groups excluding carboxylic acids is 2. The first kappa shape index (κ1) is 21.4. The van der Waals surface area contributed by atoms with E-state index in [0.29, 0.717) is 0 Å². The van der Waals surface area contributed by atoms with E-state index in [4.69, 9.17) is 18.9 Å². The van der Waals surface area contributed by atoms with Crippen molar-refractivity contribution < 1.29 is 43.5 Å². The van der Waals surface area contributed by atoms with Crippen molar-refractivity contribution in [3.8, 4) is 0 Å². The summed E-state index contributed by atoms with van der Waals surface area (Å²) in [4.78, 5) is 36.5. The van der Waals surface area contributed by atoms with E-state index >= 15 is 0 Å². The highest BCUT2D eigenvalue weighted by molar-refractivity contribution is 5.90. The van der Waals surface area contributed by atoms with Gasteiger partial charge in [-0.2, -0.15) is 0 Å². The third-order valence-corrected chi connectivity index (χ3v) is 4.50. The predicted octanol–water partition coefficient (Wildman–Crippen LogP) is 1.25. The zero-order valence-corrected chi connectivity index (χ0v) is 15.9. The van der Waals surface area contributed by atoms with E-state index in [-0.39, 0.29) is 11.1 Å². The standard InChI is InChI=1S/C21H20O9/c1-27-21-17(29-20(26)13-10-6-3-7-11-13)15(14(22)16(30-21)18(23)24)28-19(25)12-8-4-2-5-9-12/h2-11,14-17,21-22H,1H3,(H,23,24). The Labute approximate surface area is 171 Å². The number of carbonyl (C=O) groups is 3. The fourth-order valence-electron chi connectivity index (χ4n) is 3.01. The summed E-state index contributed by atoms with van der Waals surface area (Å²) >= 11 is 0. The number of carboxylic acid groups (broad SMARTS) is 1. The minimum Gasteiger partial charge on any atom is -0.479 e. The molecule has 3 rings (SSSR count). The fraction of sp³-hybridized carbons (Fsp3) is 0.286. The Morgan fingerprint density at radius 3 is 1.73 bits per heavy atom. The molecular formula is C21H20O9. The van der Waals surface area contributed by atoms with Gasteiger partial charge in [0, 0.05) is 7.11 Å². The van der Waals surface area contributed by atoms with Gasteiger partial charge in [-0.25, -0.2) is 14.4 Å². The molecule has 30 heavy (non-hydrogen) atoms. The van der Waals surface area contributed by atoms with Crippen LogP contribution in [0, 0.1) is 0 Å². The summed E-state index contributed by atoms with van der Waals surface area (Å²) in [5.74, 6) is -3.10. The zero-order chi connectivity index (χ0) is 21.7. The Morgan fingerprint density at radius 2 is 1.30 bits per heavy atom. The molecule has 0 aliphatic carbocycles. The van der Waals surface area contributed by atoms with Gasteiger partial charge in [-0.05, 0) is 24.3 Å². The average molecular weight is 416 g/mol. The first-order chi connectivity index (χ1) is 14.4. The molecule has 1 fully saturated rings. The molecule has 0 amide bonds. The first-order valence-electron chi connectivity index (χ1n) is 9.03. The van der Waals surface area contributed by atoms with Crippen LogP contribution >= 0.6 is 0 Å². The molecule has 9 nitrogen and oxygen atoms in total. The Balaban J connectivity index is 1.89. The first-order valence-corrected chi connectivity index (χ1v) is 9.03. The van der Waals surface area contributed by atoms with Crippen LogP contribution in [0.3, 0.4) is 0 Å². The van der Waals surface area contributed by atoms with Gasteiger partial charge in [0.2, 0.25) is 0 Å². The number of benzene rings is 2. The molecule has 9 heteroatoms. The van der Waals surface area contributed by atoms with Gasteiger partial charge in [0.05, 0.1) is 11.1 Å². The molecule has 158 valence electrons. The molecule has 0 saturated carbocycles. The van der Waals surface area contributed by atoms with Crippen LogP contribution in [0.25, 0.3) is 0 Å². The molecular weight excluding hydrogens is 396 g/mol. The minimum atomic E-state index is -1.81. The second-order valence-corrected chi connectivity index (χ2v) is 6.46. The molecule has 0 spiro atoms. The molecule has 1 aliphatic rings. The van der Waals surface area contributed by atoms with Gasteiger partial charge in [0.15, 0.2) is 24.6 Å². The average Bonchev–Trinajstić information content (AvgIpc) is 2.77. The third kappa shape index (κ3) is 4.65. The molecule has 5 unspecified atom stereocenters. The van der Waals surface area contributed by atoms with Crippen LogP contribution in [0.15, 0.2) is 60.7 Å². The number of rotatable bonds is 6. The number of aliphatic carboxylic acids is 1. The Bertz CT molecular complexity index is 884. The van der Waals surface area contributed by atoms with Crippen molar-refractivity contribution in [1.29, 1.82) is 0 Å². The summed E-state index contributed by atoms with van der Waals surface area (Å²) < 4.78 is 21.1. The number of hydrogen-bond acceptors (Lipinski definition) is 8. The van der Waals surface area contributed by atoms with Crippen LogP contribution in [0.5, 0.6) is 0 Å². The molecule has 0 aromatic heterocycles. The predicted molar refractivity (Wildman–Crippen MR) is 101 cm³/mol. The summed E-state index contributed by atoms with van der Waals surface area (Å²) in [6.45, 7) is 0. The molecule has 1 saturated heterocycles. The third-order valence-electron chi connectivity index (χ3n) is 4.50. The number of aliphatic hydroxyl groups is 1. The Morgan fingerprint density at radius 1 is 0.833 bits per heavy atom. The van der Waals surface area contributed by atoms with E-state index in [9.17, 15) is 24.6 Å². The fourth-order valence-corrected chi connectivity index (χ4v) is 3.01. The molecule has 2 N–H and O–H groups in total. The number of methoxy groups -OCH3 is 1. The highest BCUT2D eigenvalue weighted by atomic mass is 16.7. The number of hydrogen-bond donors (Lipinski definition) is 2. The lowest BCUT2D eigenvalue weighted by Crippen LogP contribution is -2.62. The zero-order valence-electron chi connectivity index (χ0n) is 15.9. The SMILES string of the molecule is COC1OC(C(=O)O)C(O)C(OC(=O)c2ccccc2)C1OC(=O)c1ccccc1. The monoisotopic (exact) mass is 416 g/mol. The van der Waals surface area contributed by atoms with E-state index in [1.165, 1.54) is 31.4 Å². The van der Waals surface area contributed by atoms with Crippen molar-refractivity contribution in [1.82, 2.24) is 0 Å². The smallest absolute Gasteiger partial charge is 0.338 e. The Hall–Kier alpha value is -3.27. The lowest BCUT2D eigenvalue weighted by atomic mass is 9.98. The van der Waals surface area contributed by atoms with Gasteiger partial charge < -0.3 is 29.2 Å². The quantitative estimate of drug-likeness (QED) is 0.669. The number of carboxylic acids is 1. The maximum absolute atomic E-state index is 12.5. The van der Waals surface area contributed by atoms with E-state index < -0.39 is 48.6 Å². The van der Waals surface area contributed by atoms with Crippen LogP contribution < -0.4 is 0 Å². The summed E-state index contributed by atoms with van der Waals surface area (Å²) in [5, 5.41) is 19.9. The van der Waals surface area contributed by atoms with Gasteiger partial charge in [-0.3, -0.25) is 0 Å². The molecule has 2 aromatic carbocycles. The van der Waals surface area contributed by atoms with Crippen molar-refractivity contribution in [2.75, 3.05) is 7.11 Å². The highest BCUT2D eigenvalue weighted by Crippen LogP contribution is 2.28. The van der Waals surface area contributed by atoms with Crippen molar-refractivity contribution in [2.24, 2.45) is 0 Å². The maximum Gasteiger partial charge on any atom is 0.338 e. The van der Waals surface area contributed by atoms with Crippen molar-refractivity contribution >= 4 is 17.9 Å². The van der Waals surface area contributed by atoms with Gasteiger partial charge in [-0.1, -0.05) is 36.4 Å². The van der Waals surface area contributed by atoms with E-state index in [0.717, 1.165) is 0 Å². The van der Waals surface area contributed by atoms with Crippen LogP contribution in [-0.2, 0) is 23.7 Å². The molecule has 1 heterocycles. The molecule has 1 aliphatic heterocycles. The van der Waals surface area contributed by atoms with Crippen LogP contribution in [0.2, 0.25) is 0 Å². The van der Waals surface area contributed by atoms with Crippen molar-refractivity contribution in [3.63, 3.8) is 0 Å². The molecule has 0 bridgehead atoms. The molecule has 5 atom stereocenters. The molecule has 0 radical (unpaired) electrons. The van der Waals surface area contributed by atoms with Gasteiger partial charge in [-0.15, -0.1) is 0 Å². The summed E-state index contributed by atoms with van der Waals surface area (Å²) in [7, 11) is 1.21. The number of esters is 2. The highest BCUT2D eigenvalue weighted by Gasteiger charge is 2.52.